The zero-order chi connectivity index (χ0) is 8.15. The van der Waals surface area contributed by atoms with Crippen molar-refractivity contribution >= 4 is 24.5 Å². The third-order valence-corrected chi connectivity index (χ3v) is 1.16. The average molecular weight is 227 g/mol. The van der Waals surface area contributed by atoms with Crippen LogP contribution in [0, 0.1) is 0 Å². The molecule has 1 amide bonds. The molecule has 0 aliphatic heterocycles. The van der Waals surface area contributed by atoms with Gasteiger partial charge in [0.05, 0.1) is 5.97 Å². The maximum atomic E-state index is 10.3. The second kappa shape index (κ2) is 6.61. The molecule has 1 atom stereocenters. The fourth-order valence-electron chi connectivity index (χ4n) is 0.414. The van der Waals surface area contributed by atoms with Crippen molar-refractivity contribution in [2.45, 2.75) is 13.0 Å². The summed E-state index contributed by atoms with van der Waals surface area (Å²) in [7, 11) is 0. The SMILES string of the molecule is CC(=O)NC(C[S-])C(=O)[O-].[Zn+2]. The van der Waals surface area contributed by atoms with E-state index in [4.69, 9.17) is 0 Å². The summed E-state index contributed by atoms with van der Waals surface area (Å²) in [6, 6.07) is -1.03. The fourth-order valence-corrected chi connectivity index (χ4v) is 0.633. The molecule has 0 aromatic rings. The fraction of sp³-hybridized carbons (Fsp3) is 0.600. The van der Waals surface area contributed by atoms with E-state index in [1.165, 1.54) is 6.92 Å². The van der Waals surface area contributed by atoms with Crippen LogP contribution in [0.15, 0.2) is 0 Å². The summed E-state index contributed by atoms with van der Waals surface area (Å²) in [6.45, 7) is 1.22. The summed E-state index contributed by atoms with van der Waals surface area (Å²) < 4.78 is 0. The Hall–Kier alpha value is -0.0866. The number of aliphatic carboxylic acids is 1. The molecule has 1 N–H and O–H groups in total. The van der Waals surface area contributed by atoms with Crippen molar-refractivity contribution in [1.82, 2.24) is 5.32 Å². The van der Waals surface area contributed by atoms with Crippen LogP contribution in [-0.4, -0.2) is 23.7 Å². The molecular formula is C5H7NO3SZn. The third-order valence-electron chi connectivity index (χ3n) is 0.829. The second-order valence-electron chi connectivity index (χ2n) is 1.74. The monoisotopic (exact) mass is 225 g/mol. The van der Waals surface area contributed by atoms with Crippen LogP contribution in [0.5, 0.6) is 0 Å². The predicted molar refractivity (Wildman–Crippen MR) is 34.8 cm³/mol. The molecule has 58 valence electrons. The van der Waals surface area contributed by atoms with E-state index in [9.17, 15) is 14.7 Å². The van der Waals surface area contributed by atoms with Gasteiger partial charge in [-0.05, 0) is 0 Å². The van der Waals surface area contributed by atoms with Gasteiger partial charge in [0.1, 0.15) is 0 Å². The van der Waals surface area contributed by atoms with Crippen LogP contribution in [-0.2, 0) is 41.7 Å². The van der Waals surface area contributed by atoms with E-state index >= 15 is 0 Å². The van der Waals surface area contributed by atoms with Crippen LogP contribution in [0.1, 0.15) is 6.92 Å². The molecule has 6 heteroatoms. The molecule has 0 saturated heterocycles. The minimum atomic E-state index is -1.34. The Morgan fingerprint density at radius 2 is 2.09 bits per heavy atom. The molecule has 4 nitrogen and oxygen atoms in total. The largest absolute Gasteiger partial charge is 2.00 e. The summed E-state index contributed by atoms with van der Waals surface area (Å²) in [6.07, 6.45) is 0. The first-order chi connectivity index (χ1) is 4.57. The Kier molecular flexibility index (Phi) is 8.12. The van der Waals surface area contributed by atoms with E-state index in [0.29, 0.717) is 0 Å². The molecule has 0 spiro atoms. The molecule has 0 aliphatic rings. The van der Waals surface area contributed by atoms with Gasteiger partial charge in [-0.3, -0.25) is 4.79 Å². The second-order valence-corrected chi connectivity index (χ2v) is 2.07. The number of nitrogens with one attached hydrogen (secondary N) is 1. The van der Waals surface area contributed by atoms with Crippen molar-refractivity contribution in [2.75, 3.05) is 5.75 Å². The van der Waals surface area contributed by atoms with Gasteiger partial charge in [-0.15, -0.1) is 0 Å². The van der Waals surface area contributed by atoms with E-state index < -0.39 is 17.9 Å². The summed E-state index contributed by atoms with van der Waals surface area (Å²) >= 11 is 4.43. The maximum absolute atomic E-state index is 10.3. The van der Waals surface area contributed by atoms with Gasteiger partial charge < -0.3 is 27.8 Å². The molecule has 0 fully saturated rings. The van der Waals surface area contributed by atoms with Gasteiger partial charge >= 0.3 is 19.5 Å². The molecule has 0 rings (SSSR count). The molecular weight excluding hydrogens is 220 g/mol. The van der Waals surface area contributed by atoms with Gasteiger partial charge in [-0.1, -0.05) is 0 Å². The Balaban J connectivity index is 0. The third kappa shape index (κ3) is 6.32. The normalized spacial score (nSPS) is 11.1. The van der Waals surface area contributed by atoms with E-state index in [1.54, 1.807) is 0 Å². The van der Waals surface area contributed by atoms with Crippen molar-refractivity contribution in [3.05, 3.63) is 0 Å². The number of hydrogen-bond acceptors (Lipinski definition) is 4. The van der Waals surface area contributed by atoms with E-state index in [2.05, 4.69) is 17.9 Å². The molecule has 0 aromatic carbocycles. The zero-order valence-corrected chi connectivity index (χ0v) is 9.91. The Labute approximate surface area is 82.9 Å². The standard InChI is InChI=1S/C5H9NO3S.Zn/c1-3(7)6-4(2-10)5(8)9;/h4,10H,2H2,1H3,(H,6,7)(H,8,9);/q;+2/p-2. The first kappa shape index (κ1) is 13.5. The van der Waals surface area contributed by atoms with Gasteiger partial charge in [-0.25, -0.2) is 0 Å². The van der Waals surface area contributed by atoms with Crippen molar-refractivity contribution in [3.8, 4) is 0 Å². The summed E-state index contributed by atoms with van der Waals surface area (Å²) in [5.74, 6) is -1.83. The Bertz CT molecular complexity index is 153. The van der Waals surface area contributed by atoms with E-state index in [0.717, 1.165) is 0 Å². The van der Waals surface area contributed by atoms with Crippen LogP contribution in [0.4, 0.5) is 0 Å². The van der Waals surface area contributed by atoms with Gasteiger partial charge in [0.2, 0.25) is 5.91 Å². The van der Waals surface area contributed by atoms with Gasteiger partial charge in [0.15, 0.2) is 0 Å². The number of carbonyl (C=O) groups excluding carboxylic acids is 2. The maximum Gasteiger partial charge on any atom is 2.00 e. The van der Waals surface area contributed by atoms with Gasteiger partial charge in [-0.2, -0.15) is 5.75 Å². The minimum absolute atomic E-state index is 0. The molecule has 0 radical (unpaired) electrons. The number of carboxylic acid groups (broad SMARTS) is 1. The minimum Gasteiger partial charge on any atom is -0.790 e. The quantitative estimate of drug-likeness (QED) is 0.438. The smallest absolute Gasteiger partial charge is 0.790 e. The molecule has 0 aliphatic carbocycles. The van der Waals surface area contributed by atoms with Crippen molar-refractivity contribution in [2.24, 2.45) is 0 Å². The summed E-state index contributed by atoms with van der Waals surface area (Å²) in [5.41, 5.74) is 0. The van der Waals surface area contributed by atoms with Crippen molar-refractivity contribution in [3.63, 3.8) is 0 Å². The topological polar surface area (TPSA) is 69.2 Å². The van der Waals surface area contributed by atoms with Crippen LogP contribution in [0.25, 0.3) is 0 Å². The number of rotatable bonds is 3. The molecule has 11 heavy (non-hydrogen) atoms. The molecule has 0 bridgehead atoms. The zero-order valence-electron chi connectivity index (χ0n) is 6.12. The number of carboxylic acids is 1. The number of hydrogen-bond donors (Lipinski definition) is 1. The average Bonchev–Trinajstić information content (AvgIpc) is 1.81. The first-order valence-electron chi connectivity index (χ1n) is 2.64. The van der Waals surface area contributed by atoms with Crippen LogP contribution < -0.4 is 10.4 Å². The van der Waals surface area contributed by atoms with Crippen LogP contribution in [0.2, 0.25) is 0 Å². The molecule has 1 unspecified atom stereocenters. The Morgan fingerprint density at radius 1 is 1.64 bits per heavy atom. The molecule has 0 heterocycles. The van der Waals surface area contributed by atoms with Crippen molar-refractivity contribution in [1.29, 1.82) is 0 Å². The van der Waals surface area contributed by atoms with Gasteiger partial charge in [0.25, 0.3) is 0 Å². The van der Waals surface area contributed by atoms with Gasteiger partial charge in [0, 0.05) is 13.0 Å². The van der Waals surface area contributed by atoms with Crippen LogP contribution in [0.3, 0.4) is 0 Å². The van der Waals surface area contributed by atoms with E-state index in [-0.39, 0.29) is 25.2 Å². The predicted octanol–water partition coefficient (Wildman–Crippen LogP) is -2.21. The molecule has 0 saturated carbocycles. The van der Waals surface area contributed by atoms with Crippen molar-refractivity contribution < 1.29 is 34.2 Å². The molecule has 0 aromatic heterocycles. The number of amides is 1. The first-order valence-corrected chi connectivity index (χ1v) is 3.21. The number of carbonyl (C=O) groups is 2. The Morgan fingerprint density at radius 3 is 2.18 bits per heavy atom. The van der Waals surface area contributed by atoms with E-state index in [1.807, 2.05) is 0 Å². The summed E-state index contributed by atoms with van der Waals surface area (Å²) in [4.78, 5) is 20.3. The summed E-state index contributed by atoms with van der Waals surface area (Å²) in [5, 5.41) is 12.2. The van der Waals surface area contributed by atoms with Crippen LogP contribution >= 0.6 is 0 Å².